The summed E-state index contributed by atoms with van der Waals surface area (Å²) in [6.45, 7) is 0.883. The number of hydrogen-bond donors (Lipinski definition) is 1. The lowest BCUT2D eigenvalue weighted by molar-refractivity contribution is -0.141. The van der Waals surface area contributed by atoms with Crippen LogP contribution in [0.25, 0.3) is 0 Å². The van der Waals surface area contributed by atoms with Crippen molar-refractivity contribution in [2.75, 3.05) is 41.0 Å². The Morgan fingerprint density at radius 1 is 1.21 bits per heavy atom. The van der Waals surface area contributed by atoms with E-state index in [1.165, 1.54) is 21.3 Å². The van der Waals surface area contributed by atoms with Crippen LogP contribution < -0.4 is 14.2 Å². The number of nitrogens with zero attached hydrogens (tertiary/aromatic N) is 1. The number of carboxylic acids is 1. The Bertz CT molecular complexity index is 617. The fourth-order valence-electron chi connectivity index (χ4n) is 2.66. The van der Waals surface area contributed by atoms with E-state index in [1.807, 2.05) is 0 Å². The van der Waals surface area contributed by atoms with Gasteiger partial charge in [-0.2, -0.15) is 0 Å². The summed E-state index contributed by atoms with van der Waals surface area (Å²) < 4.78 is 21.2. The smallest absolute Gasteiger partial charge is 0.306 e. The van der Waals surface area contributed by atoms with Crippen molar-refractivity contribution in [3.63, 3.8) is 0 Å². The molecule has 1 amide bonds. The summed E-state index contributed by atoms with van der Waals surface area (Å²) in [5.41, 5.74) is 0.325. The maximum atomic E-state index is 12.8. The number of methoxy groups -OCH3 is 3. The molecule has 1 aliphatic heterocycles. The van der Waals surface area contributed by atoms with E-state index >= 15 is 0 Å². The van der Waals surface area contributed by atoms with Crippen LogP contribution in [0.2, 0.25) is 0 Å². The molecule has 1 unspecified atom stereocenters. The summed E-state index contributed by atoms with van der Waals surface area (Å²) in [6, 6.07) is 3.23. The molecule has 0 bridgehead atoms. The standard InChI is InChI=1S/C16H21NO7/c1-21-12-5-4-11(14(22-2)15(12)23-3)16(20)17-6-7-24-10(9-17)8-13(18)19/h4-5,10H,6-9H2,1-3H3,(H,18,19). The minimum absolute atomic E-state index is 0.146. The van der Waals surface area contributed by atoms with E-state index in [2.05, 4.69) is 0 Å². The minimum atomic E-state index is -0.960. The van der Waals surface area contributed by atoms with E-state index in [0.717, 1.165) is 0 Å². The predicted octanol–water partition coefficient (Wildman–Crippen LogP) is 1.03. The molecule has 24 heavy (non-hydrogen) atoms. The van der Waals surface area contributed by atoms with Crippen LogP contribution in [0.3, 0.4) is 0 Å². The monoisotopic (exact) mass is 339 g/mol. The summed E-state index contributed by atoms with van der Waals surface area (Å²) in [5.74, 6) is -0.162. The van der Waals surface area contributed by atoms with Crippen molar-refractivity contribution < 1.29 is 33.6 Å². The van der Waals surface area contributed by atoms with Crippen LogP contribution >= 0.6 is 0 Å². The normalized spacial score (nSPS) is 17.3. The third-order valence-electron chi connectivity index (χ3n) is 3.76. The molecule has 1 atom stereocenters. The van der Waals surface area contributed by atoms with Gasteiger partial charge in [-0.15, -0.1) is 0 Å². The Balaban J connectivity index is 2.27. The number of benzene rings is 1. The van der Waals surface area contributed by atoms with E-state index in [9.17, 15) is 9.59 Å². The highest BCUT2D eigenvalue weighted by Crippen LogP contribution is 2.40. The third-order valence-corrected chi connectivity index (χ3v) is 3.76. The molecule has 0 aromatic heterocycles. The van der Waals surface area contributed by atoms with E-state index in [0.29, 0.717) is 30.2 Å². The first kappa shape index (κ1) is 17.9. The first-order valence-corrected chi connectivity index (χ1v) is 7.43. The molecule has 0 spiro atoms. The zero-order chi connectivity index (χ0) is 17.7. The molecule has 132 valence electrons. The highest BCUT2D eigenvalue weighted by molar-refractivity contribution is 5.98. The van der Waals surface area contributed by atoms with Gasteiger partial charge >= 0.3 is 5.97 Å². The maximum absolute atomic E-state index is 12.8. The van der Waals surface area contributed by atoms with E-state index in [-0.39, 0.29) is 24.6 Å². The van der Waals surface area contributed by atoms with Crippen molar-refractivity contribution in [2.24, 2.45) is 0 Å². The number of carbonyl (C=O) groups is 2. The van der Waals surface area contributed by atoms with Crippen LogP contribution in [-0.4, -0.2) is 69.0 Å². The van der Waals surface area contributed by atoms with Crippen molar-refractivity contribution in [3.8, 4) is 17.2 Å². The zero-order valence-electron chi connectivity index (χ0n) is 13.9. The van der Waals surface area contributed by atoms with Crippen molar-refractivity contribution in [2.45, 2.75) is 12.5 Å². The topological polar surface area (TPSA) is 94.5 Å². The number of carbonyl (C=O) groups excluding carboxylic acids is 1. The molecule has 8 heteroatoms. The predicted molar refractivity (Wildman–Crippen MR) is 84.0 cm³/mol. The molecule has 1 saturated heterocycles. The largest absolute Gasteiger partial charge is 0.493 e. The number of morpholine rings is 1. The molecule has 0 aliphatic carbocycles. The number of amides is 1. The van der Waals surface area contributed by atoms with Gasteiger partial charge in [0.15, 0.2) is 11.5 Å². The zero-order valence-corrected chi connectivity index (χ0v) is 13.9. The van der Waals surface area contributed by atoms with Gasteiger partial charge in [-0.1, -0.05) is 0 Å². The highest BCUT2D eigenvalue weighted by atomic mass is 16.5. The molecule has 1 aromatic carbocycles. The number of rotatable bonds is 6. The second-order valence-electron chi connectivity index (χ2n) is 5.22. The fraction of sp³-hybridized carbons (Fsp3) is 0.500. The first-order valence-electron chi connectivity index (χ1n) is 7.43. The van der Waals surface area contributed by atoms with Crippen LogP contribution in [0.4, 0.5) is 0 Å². The van der Waals surface area contributed by atoms with Crippen molar-refractivity contribution in [1.82, 2.24) is 4.90 Å². The summed E-state index contributed by atoms with van der Waals surface area (Å²) in [6.07, 6.45) is -0.668. The molecule has 0 saturated carbocycles. The van der Waals surface area contributed by atoms with Crippen LogP contribution in [0, 0.1) is 0 Å². The van der Waals surface area contributed by atoms with E-state index in [1.54, 1.807) is 17.0 Å². The maximum Gasteiger partial charge on any atom is 0.306 e. The van der Waals surface area contributed by atoms with Gasteiger partial charge in [0.05, 0.1) is 46.0 Å². The minimum Gasteiger partial charge on any atom is -0.493 e. The first-order chi connectivity index (χ1) is 11.5. The van der Waals surface area contributed by atoms with Gasteiger partial charge in [0.1, 0.15) is 0 Å². The molecular formula is C16H21NO7. The lowest BCUT2D eigenvalue weighted by Gasteiger charge is -2.32. The second-order valence-corrected chi connectivity index (χ2v) is 5.22. The van der Waals surface area contributed by atoms with Gasteiger partial charge in [0, 0.05) is 13.1 Å². The lowest BCUT2D eigenvalue weighted by Crippen LogP contribution is -2.46. The van der Waals surface area contributed by atoms with E-state index in [4.69, 9.17) is 24.1 Å². The lowest BCUT2D eigenvalue weighted by atomic mass is 10.1. The SMILES string of the molecule is COc1ccc(C(=O)N2CCOC(CC(=O)O)C2)c(OC)c1OC. The molecule has 1 aromatic rings. The molecule has 1 fully saturated rings. The summed E-state index contributed by atoms with van der Waals surface area (Å²) >= 11 is 0. The summed E-state index contributed by atoms with van der Waals surface area (Å²) in [5, 5.41) is 8.88. The molecule has 8 nitrogen and oxygen atoms in total. The molecule has 1 N–H and O–H groups in total. The Morgan fingerprint density at radius 3 is 2.50 bits per heavy atom. The Labute approximate surface area is 139 Å². The molecule has 2 rings (SSSR count). The van der Waals surface area contributed by atoms with Crippen LogP contribution in [0.15, 0.2) is 12.1 Å². The van der Waals surface area contributed by atoms with Crippen molar-refractivity contribution in [1.29, 1.82) is 0 Å². The average molecular weight is 339 g/mol. The van der Waals surface area contributed by atoms with Gasteiger partial charge in [-0.25, -0.2) is 0 Å². The molecule has 1 heterocycles. The quantitative estimate of drug-likeness (QED) is 0.827. The Morgan fingerprint density at radius 2 is 1.92 bits per heavy atom. The van der Waals surface area contributed by atoms with Crippen molar-refractivity contribution >= 4 is 11.9 Å². The second kappa shape index (κ2) is 7.87. The van der Waals surface area contributed by atoms with Gasteiger partial charge in [0.25, 0.3) is 5.91 Å². The number of ether oxygens (including phenoxy) is 4. The third kappa shape index (κ3) is 3.70. The average Bonchev–Trinajstić information content (AvgIpc) is 2.59. The van der Waals surface area contributed by atoms with Gasteiger partial charge in [-0.05, 0) is 12.1 Å². The molecular weight excluding hydrogens is 318 g/mol. The van der Waals surface area contributed by atoms with Gasteiger partial charge in [-0.3, -0.25) is 9.59 Å². The summed E-state index contributed by atoms with van der Waals surface area (Å²) in [7, 11) is 4.41. The number of carboxylic acid groups (broad SMARTS) is 1. The molecule has 1 aliphatic rings. The fourth-order valence-corrected chi connectivity index (χ4v) is 2.66. The Hall–Kier alpha value is -2.48. The number of aliphatic carboxylic acids is 1. The highest BCUT2D eigenvalue weighted by Gasteiger charge is 2.29. The van der Waals surface area contributed by atoms with Crippen LogP contribution in [0.1, 0.15) is 16.8 Å². The van der Waals surface area contributed by atoms with Crippen molar-refractivity contribution in [3.05, 3.63) is 17.7 Å². The summed E-state index contributed by atoms with van der Waals surface area (Å²) in [4.78, 5) is 25.2. The van der Waals surface area contributed by atoms with Gasteiger partial charge < -0.3 is 29.0 Å². The van der Waals surface area contributed by atoms with E-state index < -0.39 is 12.1 Å². The van der Waals surface area contributed by atoms with Crippen LogP contribution in [0.5, 0.6) is 17.2 Å². The molecule has 0 radical (unpaired) electrons. The van der Waals surface area contributed by atoms with Gasteiger partial charge in [0.2, 0.25) is 5.75 Å². The Kier molecular flexibility index (Phi) is 5.86. The van der Waals surface area contributed by atoms with Crippen LogP contribution in [-0.2, 0) is 9.53 Å². The number of hydrogen-bond acceptors (Lipinski definition) is 6.